The number of ether oxygens (including phenoxy) is 2. The molecule has 3 aliphatic rings. The van der Waals surface area contributed by atoms with Crippen LogP contribution in [0, 0.1) is 0 Å². The highest BCUT2D eigenvalue weighted by Crippen LogP contribution is 2.37. The van der Waals surface area contributed by atoms with Crippen molar-refractivity contribution in [1.82, 2.24) is 10.2 Å². The zero-order valence-electron chi connectivity index (χ0n) is 17.7. The third-order valence-electron chi connectivity index (χ3n) is 6.15. The van der Waals surface area contributed by atoms with Crippen molar-refractivity contribution in [2.24, 2.45) is 0 Å². The number of imide groups is 1. The zero-order chi connectivity index (χ0) is 22.3. The van der Waals surface area contributed by atoms with E-state index in [0.29, 0.717) is 22.7 Å². The van der Waals surface area contributed by atoms with Crippen molar-refractivity contribution in [3.8, 4) is 11.5 Å². The predicted molar refractivity (Wildman–Crippen MR) is 117 cm³/mol. The molecule has 5 rings (SSSR count). The summed E-state index contributed by atoms with van der Waals surface area (Å²) in [5, 5.41) is 5.46. The van der Waals surface area contributed by atoms with Crippen LogP contribution in [0.25, 0.3) is 0 Å². The zero-order valence-corrected chi connectivity index (χ0v) is 17.7. The number of carbonyl (C=O) groups excluding carboxylic acids is 3. The first kappa shape index (κ1) is 20.2. The molecule has 3 aliphatic heterocycles. The number of fused-ring (bicyclic) bond motifs is 1. The Morgan fingerprint density at radius 1 is 1.06 bits per heavy atom. The molecule has 2 N–H and O–H groups in total. The Morgan fingerprint density at radius 3 is 2.53 bits per heavy atom. The molecule has 2 aromatic rings. The average molecular weight is 436 g/mol. The van der Waals surface area contributed by atoms with Gasteiger partial charge in [-0.05, 0) is 61.7 Å². The highest BCUT2D eigenvalue weighted by Gasteiger charge is 2.49. The van der Waals surface area contributed by atoms with Gasteiger partial charge in [0.25, 0.3) is 5.91 Å². The maximum absolute atomic E-state index is 13.1. The van der Waals surface area contributed by atoms with Crippen molar-refractivity contribution >= 4 is 29.2 Å². The highest BCUT2D eigenvalue weighted by atomic mass is 16.7. The third-order valence-corrected chi connectivity index (χ3v) is 6.15. The van der Waals surface area contributed by atoms with Gasteiger partial charge >= 0.3 is 6.03 Å². The number of urea groups is 1. The lowest BCUT2D eigenvalue weighted by molar-refractivity contribution is -0.133. The lowest BCUT2D eigenvalue weighted by atomic mass is 9.91. The molecule has 2 aromatic carbocycles. The van der Waals surface area contributed by atoms with E-state index in [0.717, 1.165) is 23.7 Å². The molecule has 2 fully saturated rings. The molecular formula is C23H24N4O5. The van der Waals surface area contributed by atoms with Crippen LogP contribution in [0.5, 0.6) is 11.5 Å². The first-order chi connectivity index (χ1) is 15.4. The number of hydrogen-bond donors (Lipinski definition) is 2. The second kappa shape index (κ2) is 7.74. The topological polar surface area (TPSA) is 100 Å². The summed E-state index contributed by atoms with van der Waals surface area (Å²) in [6.45, 7) is 3.43. The van der Waals surface area contributed by atoms with Crippen LogP contribution < -0.4 is 25.0 Å². The van der Waals surface area contributed by atoms with Gasteiger partial charge in [0.2, 0.25) is 12.7 Å². The van der Waals surface area contributed by atoms with E-state index in [-0.39, 0.29) is 13.3 Å². The molecule has 0 bridgehead atoms. The fourth-order valence-corrected chi connectivity index (χ4v) is 4.32. The average Bonchev–Trinajstić information content (AvgIpc) is 3.52. The van der Waals surface area contributed by atoms with Crippen LogP contribution in [0.1, 0.15) is 25.3 Å². The van der Waals surface area contributed by atoms with E-state index < -0.39 is 23.4 Å². The minimum absolute atomic E-state index is 0.112. The number of nitrogens with zero attached hydrogens (tertiary/aromatic N) is 2. The normalized spacial score (nSPS) is 21.8. The van der Waals surface area contributed by atoms with Crippen molar-refractivity contribution in [3.63, 3.8) is 0 Å². The van der Waals surface area contributed by atoms with E-state index in [2.05, 4.69) is 15.5 Å². The molecule has 0 saturated carbocycles. The number of benzene rings is 2. The molecule has 0 aromatic heterocycles. The monoisotopic (exact) mass is 436 g/mol. The number of nitrogens with one attached hydrogen (secondary N) is 2. The molecular weight excluding hydrogens is 412 g/mol. The van der Waals surface area contributed by atoms with E-state index in [9.17, 15) is 14.4 Å². The summed E-state index contributed by atoms with van der Waals surface area (Å²) in [5.41, 5.74) is 0.994. The Bertz CT molecular complexity index is 1080. The largest absolute Gasteiger partial charge is 0.454 e. The van der Waals surface area contributed by atoms with E-state index in [1.807, 2.05) is 24.3 Å². The second-order valence-electron chi connectivity index (χ2n) is 8.30. The summed E-state index contributed by atoms with van der Waals surface area (Å²) in [5.74, 6) is 0.152. The predicted octanol–water partition coefficient (Wildman–Crippen LogP) is 2.42. The van der Waals surface area contributed by atoms with E-state index in [1.54, 1.807) is 25.1 Å². The first-order valence-corrected chi connectivity index (χ1v) is 10.6. The first-order valence-electron chi connectivity index (χ1n) is 10.6. The summed E-state index contributed by atoms with van der Waals surface area (Å²) in [4.78, 5) is 41.4. The van der Waals surface area contributed by atoms with Crippen molar-refractivity contribution in [1.29, 1.82) is 0 Å². The van der Waals surface area contributed by atoms with Crippen molar-refractivity contribution in [2.45, 2.75) is 25.3 Å². The van der Waals surface area contributed by atoms with E-state index in [4.69, 9.17) is 9.47 Å². The number of anilines is 2. The number of rotatable bonds is 5. The maximum Gasteiger partial charge on any atom is 0.325 e. The van der Waals surface area contributed by atoms with Gasteiger partial charge in [-0.15, -0.1) is 0 Å². The van der Waals surface area contributed by atoms with Gasteiger partial charge in [-0.3, -0.25) is 14.5 Å². The van der Waals surface area contributed by atoms with Gasteiger partial charge in [-0.25, -0.2) is 4.79 Å². The summed E-state index contributed by atoms with van der Waals surface area (Å²) < 4.78 is 10.7. The van der Waals surface area contributed by atoms with Gasteiger partial charge in [0.1, 0.15) is 12.1 Å². The van der Waals surface area contributed by atoms with Crippen LogP contribution in [0.15, 0.2) is 42.5 Å². The molecule has 1 atom stereocenters. The molecule has 3 heterocycles. The van der Waals surface area contributed by atoms with Gasteiger partial charge in [0, 0.05) is 24.5 Å². The molecule has 0 aliphatic carbocycles. The Labute approximate surface area is 185 Å². The summed E-state index contributed by atoms with van der Waals surface area (Å²) in [7, 11) is 0. The molecule has 9 nitrogen and oxygen atoms in total. The fourth-order valence-electron chi connectivity index (χ4n) is 4.32. The van der Waals surface area contributed by atoms with Crippen LogP contribution in [0.2, 0.25) is 0 Å². The summed E-state index contributed by atoms with van der Waals surface area (Å²) in [6, 6.07) is 12.0. The van der Waals surface area contributed by atoms with Gasteiger partial charge in [0.15, 0.2) is 11.5 Å². The second-order valence-corrected chi connectivity index (χ2v) is 8.30. The number of hydrogen-bond acceptors (Lipinski definition) is 6. The Balaban J connectivity index is 1.25. The molecule has 166 valence electrons. The molecule has 2 saturated heterocycles. The Morgan fingerprint density at radius 2 is 1.78 bits per heavy atom. The van der Waals surface area contributed by atoms with Gasteiger partial charge < -0.3 is 25.0 Å². The molecule has 4 amide bonds. The fraction of sp³-hybridized carbons (Fsp3) is 0.348. The quantitative estimate of drug-likeness (QED) is 0.699. The lowest BCUT2D eigenvalue weighted by Gasteiger charge is -2.22. The number of carbonyl (C=O) groups is 3. The Hall–Kier alpha value is -3.75. The number of amides is 4. The van der Waals surface area contributed by atoms with E-state index in [1.165, 1.54) is 12.8 Å². The van der Waals surface area contributed by atoms with E-state index >= 15 is 0 Å². The van der Waals surface area contributed by atoms with Crippen LogP contribution >= 0.6 is 0 Å². The lowest BCUT2D eigenvalue weighted by Crippen LogP contribution is -2.42. The van der Waals surface area contributed by atoms with Gasteiger partial charge in [-0.2, -0.15) is 0 Å². The van der Waals surface area contributed by atoms with Crippen molar-refractivity contribution in [2.75, 3.05) is 36.6 Å². The molecule has 0 unspecified atom stereocenters. The maximum atomic E-state index is 13.1. The SMILES string of the molecule is C[C@@]1(c2ccc3c(c2)OCO3)NC(=O)N(CC(=O)Nc2ccc(N3CCCC3)cc2)C1=O. The molecule has 0 radical (unpaired) electrons. The molecule has 9 heteroatoms. The van der Waals surface area contributed by atoms with Crippen LogP contribution in [-0.2, 0) is 15.1 Å². The van der Waals surface area contributed by atoms with Crippen LogP contribution in [-0.4, -0.2) is 49.2 Å². The van der Waals surface area contributed by atoms with Crippen LogP contribution in [0.4, 0.5) is 16.2 Å². The standard InChI is InChI=1S/C23H24N4O5/c1-23(15-4-9-18-19(12-15)32-14-31-18)21(29)27(22(30)25-23)13-20(28)24-16-5-7-17(8-6-16)26-10-2-3-11-26/h4-9,12H,2-3,10-11,13-14H2,1H3,(H,24,28)(H,25,30)/t23-/m0/s1. The highest BCUT2D eigenvalue weighted by molar-refractivity contribution is 6.10. The van der Waals surface area contributed by atoms with Crippen molar-refractivity contribution < 1.29 is 23.9 Å². The van der Waals surface area contributed by atoms with Crippen LogP contribution in [0.3, 0.4) is 0 Å². The van der Waals surface area contributed by atoms with Gasteiger partial charge in [-0.1, -0.05) is 6.07 Å². The third kappa shape index (κ3) is 3.49. The Kier molecular flexibility index (Phi) is 4.88. The minimum atomic E-state index is -1.30. The van der Waals surface area contributed by atoms with Gasteiger partial charge in [0.05, 0.1) is 0 Å². The minimum Gasteiger partial charge on any atom is -0.454 e. The molecule has 32 heavy (non-hydrogen) atoms. The summed E-state index contributed by atoms with van der Waals surface area (Å²) in [6.07, 6.45) is 2.38. The summed E-state index contributed by atoms with van der Waals surface area (Å²) >= 11 is 0. The molecule has 0 spiro atoms. The smallest absolute Gasteiger partial charge is 0.325 e. The van der Waals surface area contributed by atoms with Crippen molar-refractivity contribution in [3.05, 3.63) is 48.0 Å².